The van der Waals surface area contributed by atoms with E-state index in [2.05, 4.69) is 31.0 Å². The van der Waals surface area contributed by atoms with Crippen LogP contribution < -0.4 is 5.56 Å². The van der Waals surface area contributed by atoms with Crippen molar-refractivity contribution < 1.29 is 5.11 Å². The third-order valence-corrected chi connectivity index (χ3v) is 2.83. The van der Waals surface area contributed by atoms with Crippen LogP contribution in [0.4, 0.5) is 0 Å². The highest BCUT2D eigenvalue weighted by Crippen LogP contribution is 2.22. The molecular weight excluding hydrogens is 276 g/mol. The minimum atomic E-state index is -0.425. The average molecular weight is 285 g/mol. The maximum absolute atomic E-state index is 11.4. The third kappa shape index (κ3) is 1.73. The molecule has 0 fully saturated rings. The molecule has 84 valence electrons. The molecule has 0 unspecified atom stereocenters. The summed E-state index contributed by atoms with van der Waals surface area (Å²) >= 11 is 2.93. The van der Waals surface area contributed by atoms with Crippen molar-refractivity contribution in [2.45, 2.75) is 6.92 Å². The molecule has 0 aromatic carbocycles. The van der Waals surface area contributed by atoms with Crippen molar-refractivity contribution in [2.24, 2.45) is 7.05 Å². The molecule has 0 aliphatic carbocycles. The SMILES string of the molecule is Cc1nn(C)cc1-c1nc(O)c(Br)c(=O)[nH]1. The van der Waals surface area contributed by atoms with E-state index in [1.54, 1.807) is 24.9 Å². The normalized spacial score (nSPS) is 10.7. The second-order valence-corrected chi connectivity index (χ2v) is 4.15. The minimum absolute atomic E-state index is 0.0257. The molecule has 2 rings (SSSR count). The zero-order valence-electron chi connectivity index (χ0n) is 8.65. The van der Waals surface area contributed by atoms with E-state index in [-0.39, 0.29) is 10.4 Å². The molecule has 0 spiro atoms. The van der Waals surface area contributed by atoms with Crippen molar-refractivity contribution in [3.05, 3.63) is 26.7 Å². The van der Waals surface area contributed by atoms with E-state index >= 15 is 0 Å². The van der Waals surface area contributed by atoms with Crippen molar-refractivity contribution in [3.8, 4) is 17.3 Å². The Balaban J connectivity index is 2.66. The van der Waals surface area contributed by atoms with E-state index in [4.69, 9.17) is 0 Å². The number of hydrogen-bond donors (Lipinski definition) is 2. The molecule has 0 atom stereocenters. The highest BCUT2D eigenvalue weighted by Gasteiger charge is 2.12. The molecule has 7 heteroatoms. The van der Waals surface area contributed by atoms with Gasteiger partial charge in [0, 0.05) is 13.2 Å². The fraction of sp³-hybridized carbons (Fsp3) is 0.222. The molecule has 0 aliphatic rings. The quantitative estimate of drug-likeness (QED) is 0.817. The Morgan fingerprint density at radius 3 is 2.75 bits per heavy atom. The molecule has 2 aromatic rings. The molecular formula is C9H9BrN4O2. The van der Waals surface area contributed by atoms with Crippen molar-refractivity contribution in [3.63, 3.8) is 0 Å². The van der Waals surface area contributed by atoms with Crippen molar-refractivity contribution >= 4 is 15.9 Å². The van der Waals surface area contributed by atoms with Gasteiger partial charge in [-0.3, -0.25) is 9.48 Å². The van der Waals surface area contributed by atoms with E-state index in [1.165, 1.54) is 0 Å². The molecule has 0 radical (unpaired) electrons. The zero-order chi connectivity index (χ0) is 11.9. The lowest BCUT2D eigenvalue weighted by molar-refractivity contribution is 0.448. The first-order chi connectivity index (χ1) is 7.49. The molecule has 2 aromatic heterocycles. The Morgan fingerprint density at radius 1 is 1.56 bits per heavy atom. The summed E-state index contributed by atoms with van der Waals surface area (Å²) in [6.45, 7) is 1.80. The van der Waals surface area contributed by atoms with Crippen molar-refractivity contribution in [2.75, 3.05) is 0 Å². The highest BCUT2D eigenvalue weighted by molar-refractivity contribution is 9.10. The summed E-state index contributed by atoms with van der Waals surface area (Å²) in [5.41, 5.74) is 0.987. The molecule has 6 nitrogen and oxygen atoms in total. The number of aromatic hydroxyl groups is 1. The molecule has 0 saturated heterocycles. The topological polar surface area (TPSA) is 83.8 Å². The maximum atomic E-state index is 11.4. The summed E-state index contributed by atoms with van der Waals surface area (Å²) in [5, 5.41) is 13.6. The number of rotatable bonds is 1. The number of aromatic nitrogens is 4. The Kier molecular flexibility index (Phi) is 2.55. The lowest BCUT2D eigenvalue weighted by Crippen LogP contribution is -2.09. The Labute approximate surface area is 99.1 Å². The number of aryl methyl sites for hydroxylation is 2. The third-order valence-electron chi connectivity index (χ3n) is 2.11. The van der Waals surface area contributed by atoms with Gasteiger partial charge in [0.05, 0.1) is 11.3 Å². The number of halogens is 1. The Morgan fingerprint density at radius 2 is 2.25 bits per heavy atom. The highest BCUT2D eigenvalue weighted by atomic mass is 79.9. The maximum Gasteiger partial charge on any atom is 0.269 e. The van der Waals surface area contributed by atoms with Crippen LogP contribution in [0.2, 0.25) is 0 Å². The molecule has 0 saturated carbocycles. The van der Waals surface area contributed by atoms with Gasteiger partial charge in [-0.05, 0) is 22.9 Å². The summed E-state index contributed by atoms with van der Waals surface area (Å²) in [6, 6.07) is 0. The lowest BCUT2D eigenvalue weighted by Gasteiger charge is -2.00. The first-order valence-corrected chi connectivity index (χ1v) is 5.27. The van der Waals surface area contributed by atoms with Crippen LogP contribution in [0.3, 0.4) is 0 Å². The Hall–Kier alpha value is -1.63. The zero-order valence-corrected chi connectivity index (χ0v) is 10.2. The first-order valence-electron chi connectivity index (χ1n) is 4.48. The lowest BCUT2D eigenvalue weighted by atomic mass is 10.2. The second kappa shape index (κ2) is 3.75. The number of nitrogens with one attached hydrogen (secondary N) is 1. The molecule has 0 bridgehead atoms. The van der Waals surface area contributed by atoms with Crippen LogP contribution in [-0.4, -0.2) is 24.9 Å². The smallest absolute Gasteiger partial charge is 0.269 e. The summed E-state index contributed by atoms with van der Waals surface area (Å²) in [5.74, 6) is -0.0293. The van der Waals surface area contributed by atoms with Gasteiger partial charge in [0.15, 0.2) is 0 Å². The van der Waals surface area contributed by atoms with E-state index in [9.17, 15) is 9.90 Å². The average Bonchev–Trinajstić information content (AvgIpc) is 2.53. The van der Waals surface area contributed by atoms with Crippen LogP contribution in [0.5, 0.6) is 5.88 Å². The molecule has 0 amide bonds. The van der Waals surface area contributed by atoms with Crippen molar-refractivity contribution in [1.29, 1.82) is 0 Å². The molecule has 0 aliphatic heterocycles. The number of aromatic amines is 1. The van der Waals surface area contributed by atoms with Crippen LogP contribution >= 0.6 is 15.9 Å². The summed E-state index contributed by atoms with van der Waals surface area (Å²) in [7, 11) is 1.77. The van der Waals surface area contributed by atoms with Gasteiger partial charge in [-0.15, -0.1) is 0 Å². The summed E-state index contributed by atoms with van der Waals surface area (Å²) < 4.78 is 1.64. The van der Waals surface area contributed by atoms with Gasteiger partial charge in [0.2, 0.25) is 5.88 Å². The summed E-state index contributed by atoms with van der Waals surface area (Å²) in [6.07, 6.45) is 1.72. The molecule has 16 heavy (non-hydrogen) atoms. The van der Waals surface area contributed by atoms with Gasteiger partial charge in [-0.1, -0.05) is 0 Å². The first kappa shape index (κ1) is 10.9. The number of hydrogen-bond acceptors (Lipinski definition) is 4. The Bertz CT molecular complexity index is 602. The number of H-pyrrole nitrogens is 1. The van der Waals surface area contributed by atoms with Crippen LogP contribution in [-0.2, 0) is 7.05 Å². The van der Waals surface area contributed by atoms with E-state index in [0.717, 1.165) is 5.69 Å². The van der Waals surface area contributed by atoms with Crippen LogP contribution in [0.15, 0.2) is 15.5 Å². The predicted octanol–water partition coefficient (Wildman–Crippen LogP) is 0.947. The van der Waals surface area contributed by atoms with Gasteiger partial charge >= 0.3 is 0 Å². The molecule has 2 heterocycles. The van der Waals surface area contributed by atoms with Crippen molar-refractivity contribution in [1.82, 2.24) is 19.7 Å². The minimum Gasteiger partial charge on any atom is -0.492 e. The van der Waals surface area contributed by atoms with Crippen LogP contribution in [0.25, 0.3) is 11.4 Å². The van der Waals surface area contributed by atoms with E-state index < -0.39 is 5.56 Å². The summed E-state index contributed by atoms with van der Waals surface area (Å²) in [4.78, 5) is 17.9. The van der Waals surface area contributed by atoms with Crippen LogP contribution in [0.1, 0.15) is 5.69 Å². The van der Waals surface area contributed by atoms with Gasteiger partial charge in [0.1, 0.15) is 10.3 Å². The molecule has 2 N–H and O–H groups in total. The second-order valence-electron chi connectivity index (χ2n) is 3.35. The monoisotopic (exact) mass is 284 g/mol. The number of nitrogens with zero attached hydrogens (tertiary/aromatic N) is 3. The van der Waals surface area contributed by atoms with Gasteiger partial charge < -0.3 is 10.1 Å². The predicted molar refractivity (Wildman–Crippen MR) is 61.2 cm³/mol. The van der Waals surface area contributed by atoms with Gasteiger partial charge in [-0.2, -0.15) is 10.1 Å². The van der Waals surface area contributed by atoms with E-state index in [1.807, 2.05) is 0 Å². The van der Waals surface area contributed by atoms with E-state index in [0.29, 0.717) is 11.4 Å². The largest absolute Gasteiger partial charge is 0.492 e. The van der Waals surface area contributed by atoms with Gasteiger partial charge in [0.25, 0.3) is 5.56 Å². The van der Waals surface area contributed by atoms with Gasteiger partial charge in [-0.25, -0.2) is 0 Å². The fourth-order valence-electron chi connectivity index (χ4n) is 1.41. The fourth-order valence-corrected chi connectivity index (χ4v) is 1.59. The van der Waals surface area contributed by atoms with Crippen LogP contribution in [0, 0.1) is 6.92 Å². The standard InChI is InChI=1S/C9H9BrN4O2/c1-4-5(3-14(2)13-4)7-11-8(15)6(10)9(16)12-7/h3H,1-2H3,(H2,11,12,15,16).